The molecule has 5 rings (SSSR count). The van der Waals surface area contributed by atoms with E-state index in [9.17, 15) is 22.4 Å². The fourth-order valence-electron chi connectivity index (χ4n) is 4.89. The first-order chi connectivity index (χ1) is 18.4. The van der Waals surface area contributed by atoms with Crippen LogP contribution in [0.15, 0.2) is 30.7 Å². The number of carboxylic acids is 1. The topological polar surface area (TPSA) is 106 Å². The van der Waals surface area contributed by atoms with Gasteiger partial charge in [-0.3, -0.25) is 9.80 Å². The van der Waals surface area contributed by atoms with Crippen LogP contribution in [0, 0.1) is 12.7 Å². The molecule has 0 saturated carbocycles. The lowest BCUT2D eigenvalue weighted by atomic mass is 10.1. The summed E-state index contributed by atoms with van der Waals surface area (Å²) >= 11 is 0. The molecule has 39 heavy (non-hydrogen) atoms. The van der Waals surface area contributed by atoms with Gasteiger partial charge in [-0.05, 0) is 32.9 Å². The summed E-state index contributed by atoms with van der Waals surface area (Å²) in [6.45, 7) is 10.8. The van der Waals surface area contributed by atoms with Gasteiger partial charge < -0.3 is 19.7 Å². The maximum atomic E-state index is 14.4. The first kappa shape index (κ1) is 28.1. The fraction of sp³-hybridized carbons (Fsp3) is 0.440. The molecule has 10 nitrogen and oxygen atoms in total. The number of rotatable bonds is 3. The van der Waals surface area contributed by atoms with Gasteiger partial charge in [-0.2, -0.15) is 13.2 Å². The van der Waals surface area contributed by atoms with Crippen LogP contribution in [-0.2, 0) is 11.2 Å². The van der Waals surface area contributed by atoms with Crippen LogP contribution in [-0.4, -0.2) is 81.3 Å². The summed E-state index contributed by atoms with van der Waals surface area (Å²) in [5, 5.41) is 9.95. The summed E-state index contributed by atoms with van der Waals surface area (Å²) in [5.41, 5.74) is 3.61. The van der Waals surface area contributed by atoms with E-state index in [1.165, 1.54) is 6.07 Å². The average Bonchev–Trinajstić information content (AvgIpc) is 3.47. The Hall–Kier alpha value is -3.94. The van der Waals surface area contributed by atoms with Crippen molar-refractivity contribution in [1.82, 2.24) is 19.3 Å². The third-order valence-corrected chi connectivity index (χ3v) is 6.73. The molecule has 0 unspecified atom stereocenters. The Morgan fingerprint density at radius 3 is 2.56 bits per heavy atom. The molecule has 0 bridgehead atoms. The molecular weight excluding hydrogens is 522 g/mol. The van der Waals surface area contributed by atoms with Crippen molar-refractivity contribution >= 4 is 34.8 Å². The number of piperazine rings is 1. The lowest BCUT2D eigenvalue weighted by molar-refractivity contribution is -0.192. The predicted molar refractivity (Wildman–Crippen MR) is 137 cm³/mol. The van der Waals surface area contributed by atoms with Gasteiger partial charge in [0.25, 0.3) is 0 Å². The number of hydrogen-bond acceptors (Lipinski definition) is 6. The van der Waals surface area contributed by atoms with Crippen LogP contribution >= 0.6 is 0 Å². The number of anilines is 3. The standard InChI is InChI=1S/C23H28FN7O.C2HF3O2/c1-4-28-9-10-29(13-16(28)3)20-5-7-25-21-18(20)6-8-31(21)23(32)27-17-11-19(24)22-26-15(2)12-30(22)14-17;3-2(4,5)1(6)7/h5,7,11-12,14,16H,4,6,8-10,13H2,1-3H3,(H,27,32);(H,6,7)/t16-;/m0./s1. The number of aliphatic carboxylic acids is 1. The Kier molecular flexibility index (Phi) is 7.95. The third kappa shape index (κ3) is 6.05. The lowest BCUT2D eigenvalue weighted by Crippen LogP contribution is -2.52. The molecule has 0 spiro atoms. The Labute approximate surface area is 221 Å². The molecule has 3 aromatic heterocycles. The van der Waals surface area contributed by atoms with E-state index in [0.717, 1.165) is 43.9 Å². The highest BCUT2D eigenvalue weighted by molar-refractivity contribution is 6.03. The molecule has 0 aromatic carbocycles. The van der Waals surface area contributed by atoms with E-state index in [4.69, 9.17) is 9.90 Å². The highest BCUT2D eigenvalue weighted by Gasteiger charge is 2.38. The smallest absolute Gasteiger partial charge is 0.475 e. The number of fused-ring (bicyclic) bond motifs is 2. The van der Waals surface area contributed by atoms with Crippen molar-refractivity contribution in [1.29, 1.82) is 0 Å². The van der Waals surface area contributed by atoms with Gasteiger partial charge in [0.1, 0.15) is 5.82 Å². The number of likely N-dealkylation sites (N-methyl/N-ethyl adjacent to an activating group) is 1. The van der Waals surface area contributed by atoms with E-state index in [-0.39, 0.29) is 11.7 Å². The van der Waals surface area contributed by atoms with Gasteiger partial charge in [0, 0.05) is 68.1 Å². The molecule has 1 atom stereocenters. The number of amides is 2. The summed E-state index contributed by atoms with van der Waals surface area (Å²) in [4.78, 5) is 37.2. The minimum atomic E-state index is -5.08. The van der Waals surface area contributed by atoms with Crippen molar-refractivity contribution < 1.29 is 32.3 Å². The number of carbonyl (C=O) groups excluding carboxylic acids is 1. The Bertz CT molecular complexity index is 1380. The van der Waals surface area contributed by atoms with Gasteiger partial charge in [0.2, 0.25) is 0 Å². The second kappa shape index (κ2) is 11.0. The summed E-state index contributed by atoms with van der Waals surface area (Å²) in [6.07, 6.45) is 0.844. The van der Waals surface area contributed by atoms with Gasteiger partial charge in [0.15, 0.2) is 11.5 Å². The summed E-state index contributed by atoms with van der Waals surface area (Å²) in [5.74, 6) is -2.54. The summed E-state index contributed by atoms with van der Waals surface area (Å²) in [7, 11) is 0. The monoisotopic (exact) mass is 551 g/mol. The number of carbonyl (C=O) groups is 2. The molecule has 210 valence electrons. The number of urea groups is 1. The van der Waals surface area contributed by atoms with Crippen LogP contribution in [0.4, 0.5) is 39.5 Å². The first-order valence-corrected chi connectivity index (χ1v) is 12.4. The number of nitrogens with one attached hydrogen (secondary N) is 1. The minimum absolute atomic E-state index is 0.246. The molecule has 2 amide bonds. The highest BCUT2D eigenvalue weighted by atomic mass is 19.4. The summed E-state index contributed by atoms with van der Waals surface area (Å²) in [6, 6.07) is 3.53. The van der Waals surface area contributed by atoms with Gasteiger partial charge in [0.05, 0.1) is 11.4 Å². The van der Waals surface area contributed by atoms with Crippen LogP contribution in [0.5, 0.6) is 0 Å². The molecular formula is C25H29F4N7O3. The second-order valence-corrected chi connectivity index (χ2v) is 9.38. The number of alkyl halides is 3. The number of aryl methyl sites for hydroxylation is 1. The third-order valence-electron chi connectivity index (χ3n) is 6.73. The van der Waals surface area contributed by atoms with Crippen LogP contribution in [0.3, 0.4) is 0 Å². The van der Waals surface area contributed by atoms with Crippen LogP contribution < -0.4 is 15.1 Å². The van der Waals surface area contributed by atoms with Crippen LogP contribution in [0.1, 0.15) is 25.1 Å². The molecule has 0 aliphatic carbocycles. The van der Waals surface area contributed by atoms with Crippen molar-refractivity contribution in [2.24, 2.45) is 0 Å². The molecule has 2 aliphatic heterocycles. The van der Waals surface area contributed by atoms with Gasteiger partial charge in [-0.1, -0.05) is 6.92 Å². The van der Waals surface area contributed by atoms with E-state index in [1.54, 1.807) is 34.8 Å². The molecule has 1 saturated heterocycles. The normalized spacial score (nSPS) is 17.6. The van der Waals surface area contributed by atoms with E-state index in [0.29, 0.717) is 29.8 Å². The zero-order valence-corrected chi connectivity index (χ0v) is 21.7. The van der Waals surface area contributed by atoms with Crippen molar-refractivity contribution in [3.05, 3.63) is 47.8 Å². The van der Waals surface area contributed by atoms with Gasteiger partial charge >= 0.3 is 18.2 Å². The zero-order chi connectivity index (χ0) is 28.5. The molecule has 2 N–H and O–H groups in total. The van der Waals surface area contributed by atoms with Crippen molar-refractivity contribution in [2.45, 2.75) is 39.4 Å². The Morgan fingerprint density at radius 1 is 1.21 bits per heavy atom. The van der Waals surface area contributed by atoms with E-state index < -0.39 is 18.0 Å². The first-order valence-electron chi connectivity index (χ1n) is 12.4. The number of aromatic nitrogens is 3. The van der Waals surface area contributed by atoms with E-state index >= 15 is 0 Å². The maximum absolute atomic E-state index is 14.4. The van der Waals surface area contributed by atoms with Crippen molar-refractivity contribution in [3.8, 4) is 0 Å². The molecule has 0 radical (unpaired) electrons. The maximum Gasteiger partial charge on any atom is 0.490 e. The number of pyridine rings is 2. The largest absolute Gasteiger partial charge is 0.490 e. The minimum Gasteiger partial charge on any atom is -0.475 e. The molecule has 1 fully saturated rings. The van der Waals surface area contributed by atoms with Gasteiger partial charge in [-0.15, -0.1) is 0 Å². The van der Waals surface area contributed by atoms with Crippen LogP contribution in [0.2, 0.25) is 0 Å². The highest BCUT2D eigenvalue weighted by Crippen LogP contribution is 2.35. The summed E-state index contributed by atoms with van der Waals surface area (Å²) < 4.78 is 47.7. The number of carboxylic acid groups (broad SMARTS) is 1. The lowest BCUT2D eigenvalue weighted by Gasteiger charge is -2.41. The molecule has 5 heterocycles. The molecule has 14 heteroatoms. The number of hydrogen-bond donors (Lipinski definition) is 2. The second-order valence-electron chi connectivity index (χ2n) is 9.38. The van der Waals surface area contributed by atoms with Crippen molar-refractivity contribution in [3.63, 3.8) is 0 Å². The number of nitrogens with zero attached hydrogens (tertiary/aromatic N) is 6. The fourth-order valence-corrected chi connectivity index (χ4v) is 4.89. The molecule has 3 aromatic rings. The Balaban J connectivity index is 0.000000448. The van der Waals surface area contributed by atoms with E-state index in [2.05, 4.69) is 45.0 Å². The molecule has 2 aliphatic rings. The number of imidazole rings is 1. The van der Waals surface area contributed by atoms with Crippen molar-refractivity contribution in [2.75, 3.05) is 47.8 Å². The quantitative estimate of drug-likeness (QED) is 0.475. The average molecular weight is 552 g/mol. The predicted octanol–water partition coefficient (Wildman–Crippen LogP) is 3.94. The Morgan fingerprint density at radius 2 is 1.92 bits per heavy atom. The zero-order valence-electron chi connectivity index (χ0n) is 21.7. The SMILES string of the molecule is CCN1CCN(c2ccnc3c2CCN3C(=O)Nc2cc(F)c3nc(C)cn3c2)C[C@@H]1C.O=C(O)C(F)(F)F. The van der Waals surface area contributed by atoms with Crippen LogP contribution in [0.25, 0.3) is 5.65 Å². The number of halogens is 4. The van der Waals surface area contributed by atoms with Gasteiger partial charge in [-0.25, -0.2) is 23.9 Å². The van der Waals surface area contributed by atoms with E-state index in [1.807, 2.05) is 0 Å².